The molecule has 1 aromatic rings. The maximum atomic E-state index is 5.80. The highest BCUT2D eigenvalue weighted by Crippen LogP contribution is 2.29. The Kier molecular flexibility index (Phi) is 4.56. The van der Waals surface area contributed by atoms with Crippen LogP contribution in [0.15, 0.2) is 10.7 Å². The van der Waals surface area contributed by atoms with Gasteiger partial charge in [0.25, 0.3) is 0 Å². The van der Waals surface area contributed by atoms with Gasteiger partial charge in [-0.2, -0.15) is 11.8 Å². The van der Waals surface area contributed by atoms with E-state index in [9.17, 15) is 0 Å². The molecule has 17 heavy (non-hydrogen) atoms. The number of hydrogen-bond donors (Lipinski definition) is 2. The van der Waals surface area contributed by atoms with Crippen LogP contribution >= 0.6 is 27.7 Å². The van der Waals surface area contributed by atoms with Crippen LogP contribution < -0.4 is 11.1 Å². The molecular formula is C12H18BrN3S. The smallest absolute Gasteiger partial charge is 0.140 e. The van der Waals surface area contributed by atoms with Gasteiger partial charge in [-0.05, 0) is 47.0 Å². The Morgan fingerprint density at radius 3 is 3.12 bits per heavy atom. The number of nitrogens with zero attached hydrogens (tertiary/aromatic N) is 1. The fraction of sp³-hybridized carbons (Fsp3) is 0.583. The topological polar surface area (TPSA) is 50.9 Å². The van der Waals surface area contributed by atoms with Crippen molar-refractivity contribution in [3.05, 3.63) is 16.2 Å². The molecule has 3 nitrogen and oxygen atoms in total. The zero-order valence-electron chi connectivity index (χ0n) is 10.0. The minimum atomic E-state index is 0.718. The lowest BCUT2D eigenvalue weighted by Crippen LogP contribution is -2.20. The van der Waals surface area contributed by atoms with E-state index in [4.69, 9.17) is 5.73 Å². The molecule has 1 fully saturated rings. The highest BCUT2D eigenvalue weighted by molar-refractivity contribution is 9.10. The Morgan fingerprint density at radius 2 is 2.41 bits per heavy atom. The summed E-state index contributed by atoms with van der Waals surface area (Å²) in [5.41, 5.74) is 7.59. The molecule has 0 aromatic carbocycles. The Balaban J connectivity index is 1.96. The van der Waals surface area contributed by atoms with Crippen molar-refractivity contribution in [3.8, 4) is 0 Å². The first-order valence-corrected chi connectivity index (χ1v) is 7.78. The fourth-order valence-corrected chi connectivity index (χ4v) is 3.60. The maximum Gasteiger partial charge on any atom is 0.140 e. The van der Waals surface area contributed by atoms with E-state index in [0.717, 1.165) is 33.3 Å². The van der Waals surface area contributed by atoms with Crippen LogP contribution in [0.1, 0.15) is 24.8 Å². The van der Waals surface area contributed by atoms with Crippen LogP contribution in [0.2, 0.25) is 0 Å². The van der Waals surface area contributed by atoms with Crippen LogP contribution in [0.25, 0.3) is 0 Å². The zero-order valence-corrected chi connectivity index (χ0v) is 12.4. The summed E-state index contributed by atoms with van der Waals surface area (Å²) in [6.07, 6.45) is 5.75. The quantitative estimate of drug-likeness (QED) is 0.897. The average molecular weight is 316 g/mol. The number of nitrogens with one attached hydrogen (secondary N) is 1. The SMILES string of the molecule is Cc1c(N)cnc(NCC2CCCCS2)c1Br. The standard InChI is InChI=1S/C12H18BrN3S/c1-8-10(14)7-16-12(11(8)13)15-6-9-4-2-3-5-17-9/h7,9H,2-6,14H2,1H3,(H,15,16). The van der Waals surface area contributed by atoms with Crippen molar-refractivity contribution in [2.75, 3.05) is 23.3 Å². The number of pyridine rings is 1. The van der Waals surface area contributed by atoms with Gasteiger partial charge in [0.2, 0.25) is 0 Å². The summed E-state index contributed by atoms with van der Waals surface area (Å²) in [5, 5.41) is 4.13. The molecule has 0 radical (unpaired) electrons. The molecule has 5 heteroatoms. The van der Waals surface area contributed by atoms with Crippen molar-refractivity contribution in [2.24, 2.45) is 0 Å². The van der Waals surface area contributed by atoms with Crippen LogP contribution in [0.5, 0.6) is 0 Å². The molecule has 1 aliphatic heterocycles. The zero-order chi connectivity index (χ0) is 12.3. The van der Waals surface area contributed by atoms with Gasteiger partial charge in [-0.1, -0.05) is 6.42 Å². The van der Waals surface area contributed by atoms with E-state index in [1.54, 1.807) is 6.20 Å². The third kappa shape index (κ3) is 3.28. The lowest BCUT2D eigenvalue weighted by Gasteiger charge is -2.22. The minimum Gasteiger partial charge on any atom is -0.397 e. The summed E-state index contributed by atoms with van der Waals surface area (Å²) in [6, 6.07) is 0. The summed E-state index contributed by atoms with van der Waals surface area (Å²) >= 11 is 5.61. The van der Waals surface area contributed by atoms with E-state index in [0.29, 0.717) is 0 Å². The first-order chi connectivity index (χ1) is 8.18. The van der Waals surface area contributed by atoms with E-state index < -0.39 is 0 Å². The minimum absolute atomic E-state index is 0.718. The Hall–Kier alpha value is -0.420. The third-order valence-corrected chi connectivity index (χ3v) is 5.44. The average Bonchev–Trinajstić information content (AvgIpc) is 2.36. The lowest BCUT2D eigenvalue weighted by molar-refractivity contribution is 0.677. The molecule has 0 saturated carbocycles. The maximum absolute atomic E-state index is 5.80. The number of nitrogens with two attached hydrogens (primary N) is 1. The van der Waals surface area contributed by atoms with Gasteiger partial charge in [0.1, 0.15) is 5.82 Å². The molecule has 1 aliphatic rings. The third-order valence-electron chi connectivity index (χ3n) is 3.07. The van der Waals surface area contributed by atoms with Crippen molar-refractivity contribution in [1.29, 1.82) is 0 Å². The van der Waals surface area contributed by atoms with Gasteiger partial charge in [-0.15, -0.1) is 0 Å². The summed E-state index contributed by atoms with van der Waals surface area (Å²) in [4.78, 5) is 4.33. The first-order valence-electron chi connectivity index (χ1n) is 5.94. The predicted molar refractivity (Wildman–Crippen MR) is 79.7 cm³/mol. The number of thioether (sulfide) groups is 1. The van der Waals surface area contributed by atoms with Gasteiger partial charge in [0, 0.05) is 11.8 Å². The Bertz CT molecular complexity index is 392. The van der Waals surface area contributed by atoms with Gasteiger partial charge >= 0.3 is 0 Å². The van der Waals surface area contributed by atoms with Crippen LogP contribution in [-0.2, 0) is 0 Å². The van der Waals surface area contributed by atoms with Crippen LogP contribution in [0.3, 0.4) is 0 Å². The van der Waals surface area contributed by atoms with E-state index in [-0.39, 0.29) is 0 Å². The van der Waals surface area contributed by atoms with Crippen molar-refractivity contribution < 1.29 is 0 Å². The van der Waals surface area contributed by atoms with Crippen molar-refractivity contribution >= 4 is 39.2 Å². The first kappa shape index (κ1) is 13.0. The number of hydrogen-bond acceptors (Lipinski definition) is 4. The van der Waals surface area contributed by atoms with Crippen molar-refractivity contribution in [2.45, 2.75) is 31.4 Å². The summed E-state index contributed by atoms with van der Waals surface area (Å²) < 4.78 is 0.985. The van der Waals surface area contributed by atoms with E-state index in [1.165, 1.54) is 25.0 Å². The van der Waals surface area contributed by atoms with Crippen molar-refractivity contribution in [1.82, 2.24) is 4.98 Å². The number of anilines is 2. The number of rotatable bonds is 3. The molecule has 0 amide bonds. The molecule has 1 aromatic heterocycles. The monoisotopic (exact) mass is 315 g/mol. The van der Waals surface area contributed by atoms with Gasteiger partial charge in [0.15, 0.2) is 0 Å². The lowest BCUT2D eigenvalue weighted by atomic mass is 10.2. The van der Waals surface area contributed by atoms with E-state index >= 15 is 0 Å². The number of aromatic nitrogens is 1. The molecule has 0 spiro atoms. The fourth-order valence-electron chi connectivity index (χ4n) is 1.89. The van der Waals surface area contributed by atoms with Crippen LogP contribution in [-0.4, -0.2) is 22.5 Å². The van der Waals surface area contributed by atoms with Crippen molar-refractivity contribution in [3.63, 3.8) is 0 Å². The summed E-state index contributed by atoms with van der Waals surface area (Å²) in [7, 11) is 0. The Labute approximate surface area is 115 Å². The second-order valence-corrected chi connectivity index (χ2v) is 6.57. The normalized spacial score (nSPS) is 20.2. The molecular weight excluding hydrogens is 298 g/mol. The molecule has 0 bridgehead atoms. The highest BCUT2D eigenvalue weighted by atomic mass is 79.9. The molecule has 94 valence electrons. The largest absolute Gasteiger partial charge is 0.397 e. The second kappa shape index (κ2) is 5.96. The second-order valence-electron chi connectivity index (χ2n) is 4.37. The molecule has 2 heterocycles. The predicted octanol–water partition coefficient (Wildman–Crippen LogP) is 3.43. The van der Waals surface area contributed by atoms with Crippen LogP contribution in [0, 0.1) is 6.92 Å². The van der Waals surface area contributed by atoms with Gasteiger partial charge in [0.05, 0.1) is 16.4 Å². The van der Waals surface area contributed by atoms with Gasteiger partial charge in [-0.3, -0.25) is 0 Å². The summed E-state index contributed by atoms with van der Waals surface area (Å²) in [6.45, 7) is 2.99. The molecule has 1 atom stereocenters. The van der Waals surface area contributed by atoms with Crippen LogP contribution in [0.4, 0.5) is 11.5 Å². The van der Waals surface area contributed by atoms with E-state index in [1.807, 2.05) is 6.92 Å². The molecule has 0 aliphatic carbocycles. The number of halogens is 1. The van der Waals surface area contributed by atoms with Gasteiger partial charge < -0.3 is 11.1 Å². The summed E-state index contributed by atoms with van der Waals surface area (Å²) in [5.74, 6) is 2.20. The molecule has 2 rings (SSSR count). The molecule has 1 unspecified atom stereocenters. The van der Waals surface area contributed by atoms with Gasteiger partial charge in [-0.25, -0.2) is 4.98 Å². The highest BCUT2D eigenvalue weighted by Gasteiger charge is 2.15. The molecule has 1 saturated heterocycles. The molecule has 3 N–H and O–H groups in total. The number of nitrogen functional groups attached to an aromatic ring is 1. The Morgan fingerprint density at radius 1 is 1.59 bits per heavy atom. The van der Waals surface area contributed by atoms with E-state index in [2.05, 4.69) is 38.0 Å².